The van der Waals surface area contributed by atoms with Gasteiger partial charge in [-0.25, -0.2) is 0 Å². The third-order valence-electron chi connectivity index (χ3n) is 4.95. The zero-order valence-corrected chi connectivity index (χ0v) is 14.2. The van der Waals surface area contributed by atoms with E-state index in [1.165, 1.54) is 19.3 Å². The van der Waals surface area contributed by atoms with Gasteiger partial charge in [0, 0.05) is 33.1 Å². The fourth-order valence-corrected chi connectivity index (χ4v) is 3.56. The van der Waals surface area contributed by atoms with Crippen LogP contribution in [0.2, 0.25) is 0 Å². The maximum atomic E-state index is 12.9. The molecule has 2 fully saturated rings. The van der Waals surface area contributed by atoms with Gasteiger partial charge in [0.1, 0.15) is 0 Å². The predicted molar refractivity (Wildman–Crippen MR) is 87.6 cm³/mol. The zero-order chi connectivity index (χ0) is 15.9. The van der Waals surface area contributed by atoms with Crippen LogP contribution in [0, 0.1) is 0 Å². The van der Waals surface area contributed by atoms with Gasteiger partial charge in [-0.1, -0.05) is 19.8 Å². The zero-order valence-electron chi connectivity index (χ0n) is 14.2. The molecule has 2 amide bonds. The highest BCUT2D eigenvalue weighted by molar-refractivity contribution is 5.82. The first-order valence-electron chi connectivity index (χ1n) is 8.92. The molecule has 0 saturated carbocycles. The first kappa shape index (κ1) is 17.3. The molecule has 126 valence electrons. The second kappa shape index (κ2) is 8.51. The number of likely N-dealkylation sites (tertiary alicyclic amines) is 1. The van der Waals surface area contributed by atoms with Crippen molar-refractivity contribution < 1.29 is 9.59 Å². The van der Waals surface area contributed by atoms with Gasteiger partial charge in [-0.05, 0) is 38.8 Å². The third-order valence-corrected chi connectivity index (χ3v) is 4.95. The number of rotatable bonds is 4. The molecule has 1 unspecified atom stereocenters. The summed E-state index contributed by atoms with van der Waals surface area (Å²) in [6, 6.07) is 0.0733. The van der Waals surface area contributed by atoms with Crippen LogP contribution in [0.1, 0.15) is 52.4 Å². The standard InChI is InChI=1S/C17H31N3O2/c1-3-4-9-19-10-6-5-8-16(19)17(22)20-12-7-11-18(13-14-20)15(2)21/h16H,3-14H2,1-2H3. The molecule has 5 nitrogen and oxygen atoms in total. The lowest BCUT2D eigenvalue weighted by molar-refractivity contribution is -0.138. The Balaban J connectivity index is 1.94. The number of amides is 2. The van der Waals surface area contributed by atoms with Crippen LogP contribution in [0.25, 0.3) is 0 Å². The van der Waals surface area contributed by atoms with Gasteiger partial charge in [0.2, 0.25) is 11.8 Å². The van der Waals surface area contributed by atoms with Crippen molar-refractivity contribution in [2.75, 3.05) is 39.3 Å². The van der Waals surface area contributed by atoms with E-state index in [0.717, 1.165) is 45.4 Å². The molecular formula is C17H31N3O2. The minimum Gasteiger partial charge on any atom is -0.341 e. The molecule has 0 spiro atoms. The van der Waals surface area contributed by atoms with Crippen molar-refractivity contribution in [1.82, 2.24) is 14.7 Å². The number of carbonyl (C=O) groups is 2. The quantitative estimate of drug-likeness (QED) is 0.794. The Labute approximate surface area is 134 Å². The normalized spacial score (nSPS) is 24.2. The van der Waals surface area contributed by atoms with Gasteiger partial charge in [-0.15, -0.1) is 0 Å². The van der Waals surface area contributed by atoms with Crippen LogP contribution in [0.15, 0.2) is 0 Å². The molecule has 1 atom stereocenters. The second-order valence-corrected chi connectivity index (χ2v) is 6.59. The van der Waals surface area contributed by atoms with Gasteiger partial charge < -0.3 is 9.80 Å². The highest BCUT2D eigenvalue weighted by Crippen LogP contribution is 2.20. The van der Waals surface area contributed by atoms with E-state index in [4.69, 9.17) is 0 Å². The van der Waals surface area contributed by atoms with Crippen molar-refractivity contribution in [1.29, 1.82) is 0 Å². The van der Waals surface area contributed by atoms with Gasteiger partial charge in [-0.3, -0.25) is 14.5 Å². The summed E-state index contributed by atoms with van der Waals surface area (Å²) in [5.41, 5.74) is 0. The average Bonchev–Trinajstić information content (AvgIpc) is 2.78. The molecule has 2 saturated heterocycles. The summed E-state index contributed by atoms with van der Waals surface area (Å²) in [5.74, 6) is 0.415. The molecule has 0 N–H and O–H groups in total. The van der Waals surface area contributed by atoms with Crippen molar-refractivity contribution in [3.05, 3.63) is 0 Å². The van der Waals surface area contributed by atoms with Crippen LogP contribution in [0.3, 0.4) is 0 Å². The Kier molecular flexibility index (Phi) is 6.68. The lowest BCUT2D eigenvalue weighted by atomic mass is 10.00. The lowest BCUT2D eigenvalue weighted by Crippen LogP contribution is -2.51. The van der Waals surface area contributed by atoms with E-state index in [-0.39, 0.29) is 11.9 Å². The molecule has 0 bridgehead atoms. The molecule has 0 aromatic rings. The lowest BCUT2D eigenvalue weighted by Gasteiger charge is -2.37. The van der Waals surface area contributed by atoms with Gasteiger partial charge in [0.05, 0.1) is 6.04 Å². The highest BCUT2D eigenvalue weighted by atomic mass is 16.2. The Bertz CT molecular complexity index is 386. The van der Waals surface area contributed by atoms with Crippen molar-refractivity contribution in [2.45, 2.75) is 58.4 Å². The van der Waals surface area contributed by atoms with Crippen molar-refractivity contribution in [2.24, 2.45) is 0 Å². The highest BCUT2D eigenvalue weighted by Gasteiger charge is 2.32. The minimum absolute atomic E-state index is 0.0733. The number of piperidine rings is 1. The number of unbranched alkanes of at least 4 members (excludes halogenated alkanes) is 1. The summed E-state index contributed by atoms with van der Waals surface area (Å²) in [7, 11) is 0. The van der Waals surface area contributed by atoms with Gasteiger partial charge in [-0.2, -0.15) is 0 Å². The van der Waals surface area contributed by atoms with E-state index in [1.807, 2.05) is 9.80 Å². The van der Waals surface area contributed by atoms with E-state index in [1.54, 1.807) is 6.92 Å². The van der Waals surface area contributed by atoms with Crippen LogP contribution >= 0.6 is 0 Å². The molecule has 0 radical (unpaired) electrons. The fraction of sp³-hybridized carbons (Fsp3) is 0.882. The first-order valence-corrected chi connectivity index (χ1v) is 8.92. The topological polar surface area (TPSA) is 43.9 Å². The van der Waals surface area contributed by atoms with Crippen LogP contribution in [-0.2, 0) is 9.59 Å². The maximum Gasteiger partial charge on any atom is 0.239 e. The molecule has 2 aliphatic rings. The predicted octanol–water partition coefficient (Wildman–Crippen LogP) is 1.72. The molecule has 2 rings (SSSR count). The van der Waals surface area contributed by atoms with Gasteiger partial charge >= 0.3 is 0 Å². The van der Waals surface area contributed by atoms with E-state index in [2.05, 4.69) is 11.8 Å². The molecule has 0 aliphatic carbocycles. The molecule has 0 aromatic carbocycles. The Morgan fingerprint density at radius 1 is 0.955 bits per heavy atom. The van der Waals surface area contributed by atoms with Crippen LogP contribution in [-0.4, -0.2) is 71.8 Å². The smallest absolute Gasteiger partial charge is 0.239 e. The van der Waals surface area contributed by atoms with Crippen LogP contribution < -0.4 is 0 Å². The number of hydrogen-bond acceptors (Lipinski definition) is 3. The van der Waals surface area contributed by atoms with Crippen molar-refractivity contribution in [3.8, 4) is 0 Å². The van der Waals surface area contributed by atoms with Gasteiger partial charge in [0.15, 0.2) is 0 Å². The van der Waals surface area contributed by atoms with Crippen molar-refractivity contribution >= 4 is 11.8 Å². The summed E-state index contributed by atoms with van der Waals surface area (Å²) >= 11 is 0. The summed E-state index contributed by atoms with van der Waals surface area (Å²) < 4.78 is 0. The molecule has 0 aromatic heterocycles. The van der Waals surface area contributed by atoms with Crippen LogP contribution in [0.5, 0.6) is 0 Å². The van der Waals surface area contributed by atoms with Crippen LogP contribution in [0.4, 0.5) is 0 Å². The number of carbonyl (C=O) groups excluding carboxylic acids is 2. The molecule has 2 heterocycles. The third kappa shape index (κ3) is 4.45. The number of nitrogens with zero attached hydrogens (tertiary/aromatic N) is 3. The summed E-state index contributed by atoms with van der Waals surface area (Å²) in [6.07, 6.45) is 6.61. The first-order chi connectivity index (χ1) is 10.6. The largest absolute Gasteiger partial charge is 0.341 e. The average molecular weight is 309 g/mol. The Hall–Kier alpha value is -1.10. The SMILES string of the molecule is CCCCN1CCCCC1C(=O)N1CCCN(C(C)=O)CC1. The molecular weight excluding hydrogens is 278 g/mol. The summed E-state index contributed by atoms with van der Waals surface area (Å²) in [4.78, 5) is 30.7. The van der Waals surface area contributed by atoms with Gasteiger partial charge in [0.25, 0.3) is 0 Å². The monoisotopic (exact) mass is 309 g/mol. The summed E-state index contributed by atoms with van der Waals surface area (Å²) in [5, 5.41) is 0. The van der Waals surface area contributed by atoms with Crippen molar-refractivity contribution in [3.63, 3.8) is 0 Å². The molecule has 22 heavy (non-hydrogen) atoms. The maximum absolute atomic E-state index is 12.9. The minimum atomic E-state index is 0.0733. The molecule has 5 heteroatoms. The van der Waals surface area contributed by atoms with E-state index in [0.29, 0.717) is 19.0 Å². The Morgan fingerprint density at radius 2 is 1.68 bits per heavy atom. The Morgan fingerprint density at radius 3 is 2.41 bits per heavy atom. The van der Waals surface area contributed by atoms with E-state index >= 15 is 0 Å². The fourth-order valence-electron chi connectivity index (χ4n) is 3.56. The molecule has 2 aliphatic heterocycles. The summed E-state index contributed by atoms with van der Waals surface area (Å²) in [6.45, 7) is 8.87. The van der Waals surface area contributed by atoms with E-state index in [9.17, 15) is 9.59 Å². The van der Waals surface area contributed by atoms with E-state index < -0.39 is 0 Å². The second-order valence-electron chi connectivity index (χ2n) is 6.59. The number of hydrogen-bond donors (Lipinski definition) is 0.